The number of carbonyl (C=O) groups is 2. The van der Waals surface area contributed by atoms with Gasteiger partial charge in [-0.15, -0.1) is 11.8 Å². The third-order valence-electron chi connectivity index (χ3n) is 3.06. The number of hydrogen-bond acceptors (Lipinski definition) is 3. The predicted octanol–water partition coefficient (Wildman–Crippen LogP) is 3.12. The first-order valence-corrected chi connectivity index (χ1v) is 7.98. The Balaban J connectivity index is 2.11. The van der Waals surface area contributed by atoms with Crippen LogP contribution in [0.4, 0.5) is 4.79 Å². The Morgan fingerprint density at radius 1 is 1.00 bits per heavy atom. The maximum absolute atomic E-state index is 12.3. The number of thioether (sulfide) groups is 1. The summed E-state index contributed by atoms with van der Waals surface area (Å²) in [5, 5.41) is 4.32. The van der Waals surface area contributed by atoms with Gasteiger partial charge in [-0.1, -0.05) is 60.7 Å². The molecule has 0 aliphatic rings. The molecule has 4 nitrogen and oxygen atoms in total. The molecule has 0 fully saturated rings. The van der Waals surface area contributed by atoms with E-state index in [1.165, 1.54) is 18.8 Å². The molecule has 0 radical (unpaired) electrons. The lowest BCUT2D eigenvalue weighted by Gasteiger charge is -2.16. The number of imide groups is 1. The van der Waals surface area contributed by atoms with Gasteiger partial charge in [0.15, 0.2) is 0 Å². The molecular weight excluding hydrogens is 296 g/mol. The van der Waals surface area contributed by atoms with Gasteiger partial charge in [-0.25, -0.2) is 4.79 Å². The van der Waals surface area contributed by atoms with E-state index in [1.807, 2.05) is 60.7 Å². The van der Waals surface area contributed by atoms with E-state index in [-0.39, 0.29) is 5.91 Å². The van der Waals surface area contributed by atoms with Gasteiger partial charge in [-0.3, -0.25) is 10.1 Å². The molecule has 114 valence electrons. The van der Waals surface area contributed by atoms with Gasteiger partial charge in [-0.2, -0.15) is 0 Å². The largest absolute Gasteiger partial charge is 0.341 e. The van der Waals surface area contributed by atoms with E-state index in [2.05, 4.69) is 10.6 Å². The highest BCUT2D eigenvalue weighted by Gasteiger charge is 2.22. The van der Waals surface area contributed by atoms with Gasteiger partial charge in [-0.05, 0) is 11.1 Å². The molecule has 0 heterocycles. The first-order valence-electron chi connectivity index (χ1n) is 6.93. The zero-order chi connectivity index (χ0) is 15.8. The van der Waals surface area contributed by atoms with Crippen molar-refractivity contribution in [3.63, 3.8) is 0 Å². The molecule has 0 aliphatic carbocycles. The Bertz CT molecular complexity index is 617. The number of nitrogens with one attached hydrogen (secondary N) is 2. The lowest BCUT2D eigenvalue weighted by molar-refractivity contribution is -0.119. The fourth-order valence-corrected chi connectivity index (χ4v) is 3.06. The fourth-order valence-electron chi connectivity index (χ4n) is 1.94. The molecule has 0 saturated carbocycles. The van der Waals surface area contributed by atoms with Gasteiger partial charge in [0.1, 0.15) is 5.25 Å². The summed E-state index contributed by atoms with van der Waals surface area (Å²) in [4.78, 5) is 23.7. The molecule has 2 aromatic carbocycles. The second kappa shape index (κ2) is 8.24. The molecule has 0 aromatic heterocycles. The summed E-state index contributed by atoms with van der Waals surface area (Å²) in [6, 6.07) is 18.9. The topological polar surface area (TPSA) is 58.2 Å². The molecule has 5 heteroatoms. The van der Waals surface area contributed by atoms with Crippen LogP contribution in [0.25, 0.3) is 0 Å². The minimum atomic E-state index is -0.494. The Kier molecular flexibility index (Phi) is 6.03. The molecule has 0 saturated heterocycles. The van der Waals surface area contributed by atoms with Crippen molar-refractivity contribution in [1.82, 2.24) is 10.6 Å². The minimum Gasteiger partial charge on any atom is -0.341 e. The number of rotatable bonds is 5. The van der Waals surface area contributed by atoms with Gasteiger partial charge in [0.05, 0.1) is 0 Å². The van der Waals surface area contributed by atoms with Crippen molar-refractivity contribution in [3.05, 3.63) is 71.8 Å². The molecule has 1 atom stereocenters. The van der Waals surface area contributed by atoms with E-state index >= 15 is 0 Å². The quantitative estimate of drug-likeness (QED) is 0.891. The number of carbonyl (C=O) groups excluding carboxylic acids is 2. The summed E-state index contributed by atoms with van der Waals surface area (Å²) >= 11 is 1.50. The average Bonchev–Trinajstić information content (AvgIpc) is 2.57. The smallest absolute Gasteiger partial charge is 0.321 e. The predicted molar refractivity (Wildman–Crippen MR) is 89.5 cm³/mol. The summed E-state index contributed by atoms with van der Waals surface area (Å²) in [6.45, 7) is 0. The zero-order valence-electron chi connectivity index (χ0n) is 12.3. The first kappa shape index (κ1) is 16.1. The summed E-state index contributed by atoms with van der Waals surface area (Å²) in [6.07, 6.45) is 0. The van der Waals surface area contributed by atoms with Gasteiger partial charge in [0.2, 0.25) is 5.91 Å². The minimum absolute atomic E-state index is 0.313. The van der Waals surface area contributed by atoms with Crippen LogP contribution in [0.5, 0.6) is 0 Å². The van der Waals surface area contributed by atoms with E-state index in [1.54, 1.807) is 0 Å². The molecule has 0 unspecified atom stereocenters. The van der Waals surface area contributed by atoms with E-state index in [4.69, 9.17) is 0 Å². The van der Waals surface area contributed by atoms with Crippen LogP contribution in [0.1, 0.15) is 16.4 Å². The van der Waals surface area contributed by atoms with Crippen LogP contribution in [0.15, 0.2) is 60.7 Å². The Hall–Kier alpha value is -2.27. The number of amides is 3. The maximum Gasteiger partial charge on any atom is 0.321 e. The van der Waals surface area contributed by atoms with Crippen LogP contribution in [-0.4, -0.2) is 19.0 Å². The number of benzene rings is 2. The molecule has 2 N–H and O–H groups in total. The highest BCUT2D eigenvalue weighted by molar-refractivity contribution is 7.99. The normalized spacial score (nSPS) is 11.5. The van der Waals surface area contributed by atoms with Crippen LogP contribution < -0.4 is 10.6 Å². The molecule has 0 aliphatic heterocycles. The SMILES string of the molecule is CNC(=O)NC(=O)[C@H](SCc1ccccc1)c1ccccc1. The van der Waals surface area contributed by atoms with Gasteiger partial charge >= 0.3 is 6.03 Å². The van der Waals surface area contributed by atoms with Crippen LogP contribution in [0, 0.1) is 0 Å². The monoisotopic (exact) mass is 314 g/mol. The highest BCUT2D eigenvalue weighted by atomic mass is 32.2. The van der Waals surface area contributed by atoms with Crippen LogP contribution in [0.2, 0.25) is 0 Å². The summed E-state index contributed by atoms with van der Waals surface area (Å²) < 4.78 is 0. The second-order valence-electron chi connectivity index (χ2n) is 4.66. The maximum atomic E-state index is 12.3. The van der Waals surface area contributed by atoms with Crippen molar-refractivity contribution in [2.45, 2.75) is 11.0 Å². The van der Waals surface area contributed by atoms with E-state index < -0.39 is 11.3 Å². The summed E-state index contributed by atoms with van der Waals surface area (Å²) in [5.41, 5.74) is 2.02. The van der Waals surface area contributed by atoms with Crippen molar-refractivity contribution >= 4 is 23.7 Å². The highest BCUT2D eigenvalue weighted by Crippen LogP contribution is 2.31. The molecule has 2 aromatic rings. The molecule has 0 bridgehead atoms. The van der Waals surface area contributed by atoms with Crippen molar-refractivity contribution in [2.75, 3.05) is 7.05 Å². The van der Waals surface area contributed by atoms with Gasteiger partial charge in [0.25, 0.3) is 0 Å². The van der Waals surface area contributed by atoms with E-state index in [0.717, 1.165) is 11.1 Å². The Morgan fingerprint density at radius 3 is 2.18 bits per heavy atom. The first-order chi connectivity index (χ1) is 10.7. The lowest BCUT2D eigenvalue weighted by Crippen LogP contribution is -2.39. The third-order valence-corrected chi connectivity index (χ3v) is 4.38. The van der Waals surface area contributed by atoms with Crippen LogP contribution in [0.3, 0.4) is 0 Å². The van der Waals surface area contributed by atoms with Gasteiger partial charge < -0.3 is 5.32 Å². The summed E-state index contributed by atoms with van der Waals surface area (Å²) in [7, 11) is 1.48. The van der Waals surface area contributed by atoms with E-state index in [9.17, 15) is 9.59 Å². The van der Waals surface area contributed by atoms with Crippen molar-refractivity contribution in [3.8, 4) is 0 Å². The molecule has 2 rings (SSSR count). The fraction of sp³-hybridized carbons (Fsp3) is 0.176. The molecule has 3 amide bonds. The zero-order valence-corrected chi connectivity index (χ0v) is 13.1. The Labute approximate surface area is 134 Å². The number of hydrogen-bond donors (Lipinski definition) is 2. The summed E-state index contributed by atoms with van der Waals surface area (Å²) in [5.74, 6) is 0.383. The number of urea groups is 1. The molecular formula is C17H18N2O2S. The van der Waals surface area contributed by atoms with Crippen LogP contribution in [-0.2, 0) is 10.5 Å². The van der Waals surface area contributed by atoms with Crippen molar-refractivity contribution in [2.24, 2.45) is 0 Å². The van der Waals surface area contributed by atoms with E-state index in [0.29, 0.717) is 5.75 Å². The third kappa shape index (κ3) is 4.63. The second-order valence-corrected chi connectivity index (χ2v) is 5.75. The Morgan fingerprint density at radius 2 is 1.59 bits per heavy atom. The lowest BCUT2D eigenvalue weighted by atomic mass is 10.1. The van der Waals surface area contributed by atoms with Crippen molar-refractivity contribution in [1.29, 1.82) is 0 Å². The average molecular weight is 314 g/mol. The van der Waals surface area contributed by atoms with Gasteiger partial charge in [0, 0.05) is 12.8 Å². The van der Waals surface area contributed by atoms with Crippen LogP contribution >= 0.6 is 11.8 Å². The standard InChI is InChI=1S/C17H18N2O2S/c1-18-17(21)19-16(20)15(14-10-6-3-7-11-14)22-12-13-8-4-2-5-9-13/h2-11,15H,12H2,1H3,(H2,18,19,20,21)/t15-/m1/s1. The molecule has 0 spiro atoms. The molecule has 22 heavy (non-hydrogen) atoms. The van der Waals surface area contributed by atoms with Crippen molar-refractivity contribution < 1.29 is 9.59 Å².